The number of nitrogens with zero attached hydrogens (tertiary/aromatic N) is 1. The highest BCUT2D eigenvalue weighted by Crippen LogP contribution is 2.16. The average molecular weight is 223 g/mol. The van der Waals surface area contributed by atoms with E-state index in [0.29, 0.717) is 0 Å². The van der Waals surface area contributed by atoms with E-state index in [2.05, 4.69) is 24.0 Å². The summed E-state index contributed by atoms with van der Waals surface area (Å²) in [5.74, 6) is 1.21. The van der Waals surface area contributed by atoms with E-state index in [0.717, 1.165) is 5.03 Å². The molecular formula is C13H21NS. The Balaban J connectivity index is 1.93. The monoisotopic (exact) mass is 223 g/mol. The number of hydrogen-bond donors (Lipinski definition) is 0. The molecular weight excluding hydrogens is 202 g/mol. The van der Waals surface area contributed by atoms with Crippen molar-refractivity contribution in [2.75, 3.05) is 5.75 Å². The molecule has 0 amide bonds. The molecule has 0 saturated carbocycles. The van der Waals surface area contributed by atoms with Crippen molar-refractivity contribution < 1.29 is 0 Å². The number of pyridine rings is 1. The SMILES string of the molecule is CCCCCCCCSc1ccccn1. The number of rotatable bonds is 8. The first-order chi connectivity index (χ1) is 7.43. The van der Waals surface area contributed by atoms with Gasteiger partial charge in [-0.15, -0.1) is 11.8 Å². The van der Waals surface area contributed by atoms with Gasteiger partial charge in [-0.3, -0.25) is 0 Å². The van der Waals surface area contributed by atoms with Gasteiger partial charge >= 0.3 is 0 Å². The quantitative estimate of drug-likeness (QED) is 0.474. The lowest BCUT2D eigenvalue weighted by molar-refractivity contribution is 0.627. The normalized spacial score (nSPS) is 10.5. The van der Waals surface area contributed by atoms with Crippen LogP contribution in [0.15, 0.2) is 29.4 Å². The maximum absolute atomic E-state index is 4.29. The van der Waals surface area contributed by atoms with Gasteiger partial charge in [0.05, 0.1) is 5.03 Å². The largest absolute Gasteiger partial charge is 0.250 e. The van der Waals surface area contributed by atoms with E-state index >= 15 is 0 Å². The predicted octanol–water partition coefficient (Wildman–Crippen LogP) is 4.53. The lowest BCUT2D eigenvalue weighted by Gasteiger charge is -2.00. The standard InChI is InChI=1S/C13H21NS/c1-2-3-4-5-6-9-12-15-13-10-7-8-11-14-13/h7-8,10-11H,2-6,9,12H2,1H3. The molecule has 0 atom stereocenters. The molecule has 0 aromatic carbocycles. The van der Waals surface area contributed by atoms with E-state index in [1.165, 1.54) is 44.3 Å². The van der Waals surface area contributed by atoms with Gasteiger partial charge in [0.1, 0.15) is 0 Å². The Morgan fingerprint density at radius 3 is 2.60 bits per heavy atom. The minimum atomic E-state index is 1.16. The minimum Gasteiger partial charge on any atom is -0.250 e. The van der Waals surface area contributed by atoms with Gasteiger partial charge in [-0.2, -0.15) is 0 Å². The van der Waals surface area contributed by atoms with Crippen LogP contribution in [-0.2, 0) is 0 Å². The van der Waals surface area contributed by atoms with Gasteiger partial charge in [0.25, 0.3) is 0 Å². The Morgan fingerprint density at radius 1 is 1.07 bits per heavy atom. The molecule has 15 heavy (non-hydrogen) atoms. The Hall–Kier alpha value is -0.500. The van der Waals surface area contributed by atoms with Gasteiger partial charge < -0.3 is 0 Å². The number of aromatic nitrogens is 1. The Kier molecular flexibility index (Phi) is 7.36. The fourth-order valence-corrected chi connectivity index (χ4v) is 2.36. The molecule has 0 spiro atoms. The molecule has 2 heteroatoms. The van der Waals surface area contributed by atoms with Gasteiger partial charge in [-0.25, -0.2) is 4.98 Å². The molecule has 0 aliphatic heterocycles. The minimum absolute atomic E-state index is 1.16. The maximum Gasteiger partial charge on any atom is 0.0959 e. The van der Waals surface area contributed by atoms with Gasteiger partial charge in [0, 0.05) is 6.20 Å². The molecule has 0 aliphatic rings. The Bertz CT molecular complexity index is 236. The van der Waals surface area contributed by atoms with Crippen LogP contribution in [0.5, 0.6) is 0 Å². The van der Waals surface area contributed by atoms with E-state index in [1.807, 2.05) is 24.0 Å². The number of hydrogen-bond acceptors (Lipinski definition) is 2. The highest BCUT2D eigenvalue weighted by molar-refractivity contribution is 7.99. The van der Waals surface area contributed by atoms with Crippen molar-refractivity contribution in [3.8, 4) is 0 Å². The lowest BCUT2D eigenvalue weighted by atomic mass is 10.1. The summed E-state index contributed by atoms with van der Waals surface area (Å²) in [5.41, 5.74) is 0. The summed E-state index contributed by atoms with van der Waals surface area (Å²) in [5, 5.41) is 1.16. The fraction of sp³-hybridized carbons (Fsp3) is 0.615. The summed E-state index contributed by atoms with van der Waals surface area (Å²) in [6.07, 6.45) is 10.1. The van der Waals surface area contributed by atoms with Crippen LogP contribution < -0.4 is 0 Å². The molecule has 0 radical (unpaired) electrons. The number of unbranched alkanes of at least 4 members (excludes halogenated alkanes) is 5. The first-order valence-electron chi connectivity index (χ1n) is 5.97. The molecule has 1 rings (SSSR count). The molecule has 0 saturated heterocycles. The van der Waals surface area contributed by atoms with E-state index in [4.69, 9.17) is 0 Å². The predicted molar refractivity (Wildman–Crippen MR) is 68.3 cm³/mol. The van der Waals surface area contributed by atoms with Crippen molar-refractivity contribution in [3.05, 3.63) is 24.4 Å². The molecule has 0 bridgehead atoms. The summed E-state index contributed by atoms with van der Waals surface area (Å²) >= 11 is 1.87. The van der Waals surface area contributed by atoms with Crippen molar-refractivity contribution in [3.63, 3.8) is 0 Å². The maximum atomic E-state index is 4.29. The first-order valence-corrected chi connectivity index (χ1v) is 6.96. The van der Waals surface area contributed by atoms with Crippen molar-refractivity contribution in [1.82, 2.24) is 4.98 Å². The zero-order valence-electron chi connectivity index (χ0n) is 9.61. The molecule has 1 aromatic heterocycles. The van der Waals surface area contributed by atoms with Crippen molar-refractivity contribution in [1.29, 1.82) is 0 Å². The van der Waals surface area contributed by atoms with Crippen LogP contribution in [0.3, 0.4) is 0 Å². The molecule has 0 aliphatic carbocycles. The third kappa shape index (κ3) is 6.56. The van der Waals surface area contributed by atoms with Gasteiger partial charge in [0.2, 0.25) is 0 Å². The highest BCUT2D eigenvalue weighted by atomic mass is 32.2. The average Bonchev–Trinajstić information content (AvgIpc) is 2.29. The van der Waals surface area contributed by atoms with Crippen LogP contribution in [0.1, 0.15) is 45.4 Å². The third-order valence-corrected chi connectivity index (χ3v) is 3.42. The molecule has 84 valence electrons. The summed E-state index contributed by atoms with van der Waals surface area (Å²) < 4.78 is 0. The molecule has 0 fully saturated rings. The van der Waals surface area contributed by atoms with Crippen LogP contribution in [0.2, 0.25) is 0 Å². The summed E-state index contributed by atoms with van der Waals surface area (Å²) in [6.45, 7) is 2.26. The second-order valence-electron chi connectivity index (χ2n) is 3.78. The summed E-state index contributed by atoms with van der Waals surface area (Å²) in [7, 11) is 0. The van der Waals surface area contributed by atoms with Crippen LogP contribution in [-0.4, -0.2) is 10.7 Å². The van der Waals surface area contributed by atoms with Gasteiger partial charge in [-0.1, -0.05) is 45.1 Å². The molecule has 0 N–H and O–H groups in total. The molecule has 1 heterocycles. The van der Waals surface area contributed by atoms with Crippen LogP contribution in [0.25, 0.3) is 0 Å². The fourth-order valence-electron chi connectivity index (χ4n) is 1.49. The van der Waals surface area contributed by atoms with E-state index < -0.39 is 0 Å². The summed E-state index contributed by atoms with van der Waals surface area (Å²) in [4.78, 5) is 4.29. The topological polar surface area (TPSA) is 12.9 Å². The second kappa shape index (κ2) is 8.78. The highest BCUT2D eigenvalue weighted by Gasteiger charge is 1.94. The Labute approximate surface area is 97.7 Å². The molecule has 1 nitrogen and oxygen atoms in total. The zero-order chi connectivity index (χ0) is 10.8. The van der Waals surface area contributed by atoms with Gasteiger partial charge in [0.15, 0.2) is 0 Å². The van der Waals surface area contributed by atoms with E-state index in [-0.39, 0.29) is 0 Å². The van der Waals surface area contributed by atoms with E-state index in [1.54, 1.807) is 0 Å². The third-order valence-electron chi connectivity index (χ3n) is 2.39. The Morgan fingerprint density at radius 2 is 1.87 bits per heavy atom. The smallest absolute Gasteiger partial charge is 0.0959 e. The van der Waals surface area contributed by atoms with Crippen LogP contribution in [0, 0.1) is 0 Å². The van der Waals surface area contributed by atoms with Crippen LogP contribution in [0.4, 0.5) is 0 Å². The molecule has 1 aromatic rings. The van der Waals surface area contributed by atoms with Crippen molar-refractivity contribution >= 4 is 11.8 Å². The van der Waals surface area contributed by atoms with Crippen molar-refractivity contribution in [2.45, 2.75) is 50.5 Å². The second-order valence-corrected chi connectivity index (χ2v) is 4.90. The summed E-state index contributed by atoms with van der Waals surface area (Å²) in [6, 6.07) is 6.10. The van der Waals surface area contributed by atoms with Gasteiger partial charge in [-0.05, 0) is 24.3 Å². The molecule has 0 unspecified atom stereocenters. The first kappa shape index (κ1) is 12.6. The number of thioether (sulfide) groups is 1. The van der Waals surface area contributed by atoms with Crippen LogP contribution >= 0.6 is 11.8 Å². The van der Waals surface area contributed by atoms with Crippen molar-refractivity contribution in [2.24, 2.45) is 0 Å². The van der Waals surface area contributed by atoms with E-state index in [9.17, 15) is 0 Å². The lowest BCUT2D eigenvalue weighted by Crippen LogP contribution is -1.84. The zero-order valence-corrected chi connectivity index (χ0v) is 10.4.